The highest BCUT2D eigenvalue weighted by atomic mass is 16.6. The van der Waals surface area contributed by atoms with Crippen molar-refractivity contribution in [3.8, 4) is 0 Å². The van der Waals surface area contributed by atoms with Crippen LogP contribution in [0.1, 0.15) is 316 Å². The van der Waals surface area contributed by atoms with E-state index in [1.807, 2.05) is 0 Å². The molecule has 0 radical (unpaired) electrons. The van der Waals surface area contributed by atoms with Gasteiger partial charge in [0.1, 0.15) is 13.2 Å². The molecule has 0 aliphatic rings. The summed E-state index contributed by atoms with van der Waals surface area (Å²) in [6.07, 6.45) is 71.0. The van der Waals surface area contributed by atoms with E-state index in [2.05, 4.69) is 69.4 Å². The number of allylic oxidation sites excluding steroid dienone is 8. The van der Waals surface area contributed by atoms with Gasteiger partial charge in [0, 0.05) is 19.3 Å². The number of carbonyl (C=O) groups excluding carboxylic acids is 3. The average Bonchev–Trinajstić information content (AvgIpc) is 3.35. The monoisotopic (exact) mass is 967 g/mol. The minimum atomic E-state index is -0.787. The van der Waals surface area contributed by atoms with Crippen molar-refractivity contribution in [1.29, 1.82) is 0 Å². The number of esters is 3. The number of hydrogen-bond donors (Lipinski definition) is 0. The minimum absolute atomic E-state index is 0.0817. The first kappa shape index (κ1) is 66.4. The van der Waals surface area contributed by atoms with E-state index in [1.54, 1.807) is 0 Å². The van der Waals surface area contributed by atoms with Gasteiger partial charge in [-0.1, -0.05) is 268 Å². The van der Waals surface area contributed by atoms with Gasteiger partial charge in [-0.15, -0.1) is 0 Å². The lowest BCUT2D eigenvalue weighted by molar-refractivity contribution is -0.167. The van der Waals surface area contributed by atoms with Crippen molar-refractivity contribution in [3.63, 3.8) is 0 Å². The Morgan fingerprint density at radius 1 is 0.304 bits per heavy atom. The third-order valence-corrected chi connectivity index (χ3v) is 13.3. The summed E-state index contributed by atoms with van der Waals surface area (Å²) in [5.41, 5.74) is 0. The molecule has 0 aliphatic carbocycles. The Labute approximate surface area is 428 Å². The summed E-state index contributed by atoms with van der Waals surface area (Å²) in [4.78, 5) is 38.2. The lowest BCUT2D eigenvalue weighted by Crippen LogP contribution is -2.30. The van der Waals surface area contributed by atoms with Crippen molar-refractivity contribution >= 4 is 17.9 Å². The maximum atomic E-state index is 12.9. The Kier molecular flexibility index (Phi) is 55.7. The van der Waals surface area contributed by atoms with Gasteiger partial charge in [0.25, 0.3) is 0 Å². The van der Waals surface area contributed by atoms with Crippen molar-refractivity contribution in [3.05, 3.63) is 48.6 Å². The Morgan fingerprint density at radius 3 is 0.928 bits per heavy atom. The second-order valence-corrected chi connectivity index (χ2v) is 20.3. The first-order valence-corrected chi connectivity index (χ1v) is 30.2. The predicted molar refractivity (Wildman–Crippen MR) is 298 cm³/mol. The van der Waals surface area contributed by atoms with Crippen LogP contribution in [0.5, 0.6) is 0 Å². The van der Waals surface area contributed by atoms with E-state index in [-0.39, 0.29) is 31.1 Å². The molecule has 0 spiro atoms. The minimum Gasteiger partial charge on any atom is -0.462 e. The zero-order valence-electron chi connectivity index (χ0n) is 46.1. The van der Waals surface area contributed by atoms with Gasteiger partial charge in [-0.25, -0.2) is 0 Å². The van der Waals surface area contributed by atoms with E-state index >= 15 is 0 Å². The van der Waals surface area contributed by atoms with E-state index in [0.717, 1.165) is 83.5 Å². The lowest BCUT2D eigenvalue weighted by Gasteiger charge is -2.18. The topological polar surface area (TPSA) is 78.9 Å². The van der Waals surface area contributed by atoms with Gasteiger partial charge in [0.05, 0.1) is 0 Å². The van der Waals surface area contributed by atoms with E-state index in [0.29, 0.717) is 19.3 Å². The smallest absolute Gasteiger partial charge is 0.306 e. The van der Waals surface area contributed by atoms with Gasteiger partial charge < -0.3 is 14.2 Å². The molecule has 0 saturated heterocycles. The molecule has 0 fully saturated rings. The van der Waals surface area contributed by atoms with Crippen LogP contribution in [0, 0.1) is 0 Å². The van der Waals surface area contributed by atoms with Crippen LogP contribution in [0.3, 0.4) is 0 Å². The van der Waals surface area contributed by atoms with E-state index in [9.17, 15) is 14.4 Å². The van der Waals surface area contributed by atoms with Crippen LogP contribution >= 0.6 is 0 Å². The molecule has 0 aromatic rings. The van der Waals surface area contributed by atoms with Gasteiger partial charge in [-0.3, -0.25) is 14.4 Å². The maximum Gasteiger partial charge on any atom is 0.306 e. The lowest BCUT2D eigenvalue weighted by atomic mass is 10.0. The molecule has 0 rings (SSSR count). The fraction of sp³-hybridized carbons (Fsp3) is 0.825. The molecule has 0 aromatic carbocycles. The van der Waals surface area contributed by atoms with Crippen molar-refractivity contribution < 1.29 is 28.6 Å². The molecule has 6 heteroatoms. The molecule has 1 atom stereocenters. The van der Waals surface area contributed by atoms with E-state index in [4.69, 9.17) is 14.2 Å². The molecule has 0 heterocycles. The number of ether oxygens (including phenoxy) is 3. The van der Waals surface area contributed by atoms with Gasteiger partial charge >= 0.3 is 17.9 Å². The molecule has 0 amide bonds. The fourth-order valence-corrected chi connectivity index (χ4v) is 8.76. The van der Waals surface area contributed by atoms with Crippen LogP contribution in [-0.4, -0.2) is 37.2 Å². The third-order valence-electron chi connectivity index (χ3n) is 13.3. The highest BCUT2D eigenvalue weighted by Crippen LogP contribution is 2.16. The average molecular weight is 968 g/mol. The fourth-order valence-electron chi connectivity index (χ4n) is 8.76. The highest BCUT2D eigenvalue weighted by Gasteiger charge is 2.19. The second kappa shape index (κ2) is 57.9. The zero-order chi connectivity index (χ0) is 50.0. The van der Waals surface area contributed by atoms with Crippen molar-refractivity contribution in [1.82, 2.24) is 0 Å². The van der Waals surface area contributed by atoms with Crippen LogP contribution in [0.25, 0.3) is 0 Å². The molecule has 1 unspecified atom stereocenters. The molecule has 0 bridgehead atoms. The molecule has 0 aliphatic heterocycles. The largest absolute Gasteiger partial charge is 0.462 e. The summed E-state index contributed by atoms with van der Waals surface area (Å²) in [7, 11) is 0. The number of unbranched alkanes of at least 4 members (excludes halogenated alkanes) is 37. The van der Waals surface area contributed by atoms with Gasteiger partial charge in [-0.05, 0) is 77.0 Å². The maximum absolute atomic E-state index is 12.9. The summed E-state index contributed by atoms with van der Waals surface area (Å²) in [6.45, 7) is 6.62. The van der Waals surface area contributed by atoms with Crippen LogP contribution in [0.2, 0.25) is 0 Å². The molecule has 69 heavy (non-hydrogen) atoms. The number of rotatable bonds is 55. The molecule has 0 saturated carbocycles. The van der Waals surface area contributed by atoms with Gasteiger partial charge in [0.2, 0.25) is 0 Å². The molecule has 6 nitrogen and oxygen atoms in total. The Hall–Kier alpha value is -2.63. The van der Waals surface area contributed by atoms with Crippen molar-refractivity contribution in [2.75, 3.05) is 13.2 Å². The van der Waals surface area contributed by atoms with Gasteiger partial charge in [0.15, 0.2) is 6.10 Å². The molecular formula is C63H114O6. The summed E-state index contributed by atoms with van der Waals surface area (Å²) >= 11 is 0. The summed E-state index contributed by atoms with van der Waals surface area (Å²) in [5.74, 6) is -0.900. The summed E-state index contributed by atoms with van der Waals surface area (Å²) < 4.78 is 16.9. The molecule has 402 valence electrons. The van der Waals surface area contributed by atoms with Crippen LogP contribution in [-0.2, 0) is 28.6 Å². The van der Waals surface area contributed by atoms with Crippen LogP contribution in [0.4, 0.5) is 0 Å². The van der Waals surface area contributed by atoms with E-state index < -0.39 is 6.10 Å². The number of hydrogen-bond acceptors (Lipinski definition) is 6. The highest BCUT2D eigenvalue weighted by molar-refractivity contribution is 5.71. The first-order chi connectivity index (χ1) is 34.0. The Morgan fingerprint density at radius 2 is 0.565 bits per heavy atom. The number of carbonyl (C=O) groups is 3. The normalized spacial score (nSPS) is 12.3. The quantitative estimate of drug-likeness (QED) is 0.0199. The SMILES string of the molecule is CCCCC/C=C\C/C=C\CCCCCCCCCC(=O)OC(COC(=O)CCCCC/C=C\C=C/CCCCCCCCC)COC(=O)CCCCCCCCCCCCCCCCCCCC. The summed E-state index contributed by atoms with van der Waals surface area (Å²) in [6, 6.07) is 0. The predicted octanol–water partition coefficient (Wildman–Crippen LogP) is 20.2. The van der Waals surface area contributed by atoms with E-state index in [1.165, 1.54) is 193 Å². The first-order valence-electron chi connectivity index (χ1n) is 30.2. The van der Waals surface area contributed by atoms with Gasteiger partial charge in [-0.2, -0.15) is 0 Å². The Bertz CT molecular complexity index is 1200. The van der Waals surface area contributed by atoms with Crippen LogP contribution in [0.15, 0.2) is 48.6 Å². The molecule has 0 N–H and O–H groups in total. The Balaban J connectivity index is 4.39. The molecule has 0 aromatic heterocycles. The third kappa shape index (κ3) is 56.2. The zero-order valence-corrected chi connectivity index (χ0v) is 46.1. The van der Waals surface area contributed by atoms with Crippen LogP contribution < -0.4 is 0 Å². The standard InChI is InChI=1S/C63H114O6/c1-4-7-10-13-16-19-22-25-28-31-33-35-38-41-44-47-50-53-56-62(65)68-59-60(58-67-61(64)55-52-49-46-43-40-37-34-30-27-24-21-18-15-12-9-6-3)69-63(66)57-54-51-48-45-42-39-36-32-29-26-23-20-17-14-11-8-5-2/h17,20,26,29-30,34,37,40,60H,4-16,18-19,21-25,27-28,31-33,35-36,38-39,41-59H2,1-3H3/b20-17-,29-26-,34-30-,40-37-. The van der Waals surface area contributed by atoms with Crippen molar-refractivity contribution in [2.45, 2.75) is 322 Å². The second-order valence-electron chi connectivity index (χ2n) is 20.3. The summed E-state index contributed by atoms with van der Waals surface area (Å²) in [5, 5.41) is 0. The molecular weight excluding hydrogens is 853 g/mol. The van der Waals surface area contributed by atoms with Crippen molar-refractivity contribution in [2.24, 2.45) is 0 Å².